The molecule has 10 nitrogen and oxygen atoms in total. The number of ether oxygens (including phenoxy) is 1. The van der Waals surface area contributed by atoms with E-state index in [0.717, 1.165) is 25.5 Å². The maximum Gasteiger partial charge on any atom is 0.277 e. The number of sulfonamides is 1. The molecule has 11 heteroatoms. The molecule has 0 saturated carbocycles. The van der Waals surface area contributed by atoms with Crippen LogP contribution in [0.4, 0.5) is 0 Å². The Kier molecular flexibility index (Phi) is 4.77. The molecular formula is C25H36N6O4S. The fraction of sp³-hybridized carbons (Fsp3) is 0.560. The molecule has 1 fully saturated rings. The Morgan fingerprint density at radius 1 is 1.39 bits per heavy atom. The highest BCUT2D eigenvalue weighted by atomic mass is 32.2. The summed E-state index contributed by atoms with van der Waals surface area (Å²) < 4.78 is 123. The van der Waals surface area contributed by atoms with E-state index in [0.29, 0.717) is 6.42 Å². The summed E-state index contributed by atoms with van der Waals surface area (Å²) in [5.41, 5.74) is -3.89. The Morgan fingerprint density at radius 2 is 2.25 bits per heavy atom. The summed E-state index contributed by atoms with van der Waals surface area (Å²) in [5.74, 6) is -0.383. The first-order valence-corrected chi connectivity index (χ1v) is 13.0. The Morgan fingerprint density at radius 3 is 2.97 bits per heavy atom. The monoisotopic (exact) mass is 527 g/mol. The van der Waals surface area contributed by atoms with Gasteiger partial charge in [-0.1, -0.05) is 20.1 Å². The van der Waals surface area contributed by atoms with Gasteiger partial charge in [0, 0.05) is 34.6 Å². The van der Waals surface area contributed by atoms with Crippen LogP contribution in [0.5, 0.6) is 5.75 Å². The molecule has 2 aromatic heterocycles. The summed E-state index contributed by atoms with van der Waals surface area (Å²) in [4.78, 5) is 21.7. The molecule has 0 bridgehead atoms. The summed E-state index contributed by atoms with van der Waals surface area (Å²) in [7, 11) is -2.41. The van der Waals surface area contributed by atoms with Gasteiger partial charge in [-0.3, -0.25) is 9.48 Å². The van der Waals surface area contributed by atoms with Crippen molar-refractivity contribution in [2.24, 2.45) is 6.98 Å². The van der Waals surface area contributed by atoms with E-state index in [9.17, 15) is 13.2 Å². The van der Waals surface area contributed by atoms with Crippen LogP contribution in [0.3, 0.4) is 0 Å². The minimum atomic E-state index is -4.32. The van der Waals surface area contributed by atoms with Crippen LogP contribution in [0.2, 0.25) is 0 Å². The molecule has 0 spiro atoms. The van der Waals surface area contributed by atoms with E-state index in [-0.39, 0.29) is 40.0 Å². The van der Waals surface area contributed by atoms with Crippen molar-refractivity contribution in [2.45, 2.75) is 63.1 Å². The van der Waals surface area contributed by atoms with E-state index in [1.807, 2.05) is 7.05 Å². The summed E-state index contributed by atoms with van der Waals surface area (Å²) in [6.45, 7) is -5.11. The molecule has 3 aromatic rings. The van der Waals surface area contributed by atoms with Gasteiger partial charge in [0.05, 0.1) is 22.8 Å². The molecule has 2 N–H and O–H groups in total. The SMILES string of the molecule is [2H]C(CC1CCCN1C)NS(=O)(=O)c1ccc(OCCC)c(-c2nc3c(C([2H])([2H])C([2H])([2H])C([2H])([2H])[2H])nn(C([2H])([2H])[2H])c3c(=O)[nH]2)c1. The number of likely N-dealkylation sites (tertiary alicyclic amines) is 1. The maximum atomic E-state index is 13.4. The van der Waals surface area contributed by atoms with Crippen molar-refractivity contribution in [3.8, 4) is 17.1 Å². The molecule has 196 valence electrons. The number of hydrogen-bond donors (Lipinski definition) is 2. The zero-order chi connectivity index (χ0) is 35.3. The third-order valence-electron chi connectivity index (χ3n) is 5.99. The molecule has 2 unspecified atom stereocenters. The lowest BCUT2D eigenvalue weighted by Gasteiger charge is -2.19. The zero-order valence-electron chi connectivity index (χ0n) is 31.0. The Hall–Kier alpha value is -2.76. The number of rotatable bonds is 11. The first kappa shape index (κ1) is 15.5. The van der Waals surface area contributed by atoms with Crippen molar-refractivity contribution in [2.75, 3.05) is 26.7 Å². The van der Waals surface area contributed by atoms with Gasteiger partial charge in [0.25, 0.3) is 5.56 Å². The number of aryl methyl sites for hydroxylation is 2. The number of nitrogens with one attached hydrogen (secondary N) is 2. The quantitative estimate of drug-likeness (QED) is 0.393. The lowest BCUT2D eigenvalue weighted by Crippen LogP contribution is -2.31. The Balaban J connectivity index is 1.91. The molecule has 0 radical (unpaired) electrons. The van der Waals surface area contributed by atoms with Gasteiger partial charge < -0.3 is 14.6 Å². The molecular weight excluding hydrogens is 480 g/mol. The number of fused-ring (bicyclic) bond motifs is 1. The average Bonchev–Trinajstić information content (AvgIpc) is 3.54. The van der Waals surface area contributed by atoms with Crippen molar-refractivity contribution in [3.05, 3.63) is 34.2 Å². The third-order valence-corrected chi connectivity index (χ3v) is 7.34. The van der Waals surface area contributed by atoms with Crippen LogP contribution in [0.25, 0.3) is 22.4 Å². The summed E-state index contributed by atoms with van der Waals surface area (Å²) in [6, 6.07) is 3.66. The Labute approximate surface area is 227 Å². The molecule has 2 atom stereocenters. The molecule has 0 amide bonds. The second-order valence-electron chi connectivity index (χ2n) is 8.47. The Bertz CT molecular complexity index is 1790. The lowest BCUT2D eigenvalue weighted by atomic mass is 10.1. The van der Waals surface area contributed by atoms with E-state index in [1.54, 1.807) is 6.92 Å². The van der Waals surface area contributed by atoms with Gasteiger partial charge in [0.2, 0.25) is 10.0 Å². The normalized spacial score (nSPS) is 23.6. The highest BCUT2D eigenvalue weighted by Crippen LogP contribution is 2.31. The second-order valence-corrected chi connectivity index (χ2v) is 10.2. The number of benzene rings is 1. The van der Waals surface area contributed by atoms with Gasteiger partial charge in [-0.25, -0.2) is 18.1 Å². The van der Waals surface area contributed by atoms with E-state index in [4.69, 9.17) is 19.8 Å². The summed E-state index contributed by atoms with van der Waals surface area (Å²) >= 11 is 0. The molecule has 4 rings (SSSR count). The molecule has 0 aliphatic carbocycles. The van der Waals surface area contributed by atoms with Gasteiger partial charge in [-0.15, -0.1) is 0 Å². The van der Waals surface area contributed by atoms with Crippen molar-refractivity contribution >= 4 is 21.1 Å². The van der Waals surface area contributed by atoms with Crippen LogP contribution in [0.15, 0.2) is 27.9 Å². The molecule has 3 heterocycles. The molecule has 1 aromatic carbocycles. The minimum absolute atomic E-state index is 0.0317. The third kappa shape index (κ3) is 5.47. The summed E-state index contributed by atoms with van der Waals surface area (Å²) in [5, 5.41) is 3.66. The number of hydrogen-bond acceptors (Lipinski definition) is 7. The number of aromatic amines is 1. The van der Waals surface area contributed by atoms with Crippen LogP contribution < -0.4 is 15.0 Å². The highest BCUT2D eigenvalue weighted by Gasteiger charge is 2.23. The van der Waals surface area contributed by atoms with Crippen LogP contribution in [0.1, 0.15) is 66.6 Å². The van der Waals surface area contributed by atoms with Gasteiger partial charge in [0.15, 0.2) is 5.52 Å². The van der Waals surface area contributed by atoms with Crippen molar-refractivity contribution in [1.29, 1.82) is 0 Å². The van der Waals surface area contributed by atoms with Crippen LogP contribution in [0, 0.1) is 0 Å². The van der Waals surface area contributed by atoms with Crippen LogP contribution >= 0.6 is 0 Å². The standard InChI is InChI=1S/C25H36N6O4S/c1-5-8-20-22-23(31(4)29-20)25(32)28-24(27-22)19-16-18(10-11-21(19)35-15-6-2)36(33,34)26-13-12-17-9-7-14-30(17)3/h10-11,16-17,26H,5-9,12-15H2,1-4H3,(H,27,28,32)/i1D3,4D3,5D2,8D2,13D. The topological polar surface area (TPSA) is 122 Å². The molecule has 1 saturated heterocycles. The first-order valence-electron chi connectivity index (χ1n) is 17.1. The van der Waals surface area contributed by atoms with Gasteiger partial charge in [-0.05, 0) is 63.8 Å². The fourth-order valence-electron chi connectivity index (χ4n) is 4.14. The van der Waals surface area contributed by atoms with Crippen LogP contribution in [-0.2, 0) is 23.4 Å². The molecule has 36 heavy (non-hydrogen) atoms. The number of nitrogens with zero attached hydrogens (tertiary/aromatic N) is 4. The fourth-order valence-corrected chi connectivity index (χ4v) is 5.11. The minimum Gasteiger partial charge on any atom is -0.493 e. The molecule has 1 aliphatic heterocycles. The van der Waals surface area contributed by atoms with Crippen molar-refractivity contribution in [1.82, 2.24) is 29.4 Å². The summed E-state index contributed by atoms with van der Waals surface area (Å²) in [6.07, 6.45) is -4.59. The largest absolute Gasteiger partial charge is 0.493 e. The van der Waals surface area contributed by atoms with E-state index >= 15 is 0 Å². The van der Waals surface area contributed by atoms with E-state index in [1.165, 1.54) is 12.1 Å². The van der Waals surface area contributed by atoms with Crippen molar-refractivity contribution < 1.29 is 28.2 Å². The maximum absolute atomic E-state index is 13.4. The van der Waals surface area contributed by atoms with Gasteiger partial charge in [-0.2, -0.15) is 5.10 Å². The first-order chi connectivity index (χ1) is 21.5. The zero-order valence-corrected chi connectivity index (χ0v) is 20.8. The molecule has 1 aliphatic rings. The van der Waals surface area contributed by atoms with Gasteiger partial charge >= 0.3 is 0 Å². The lowest BCUT2D eigenvalue weighted by molar-refractivity contribution is 0.297. The smallest absolute Gasteiger partial charge is 0.277 e. The van der Waals surface area contributed by atoms with Crippen LogP contribution in [-0.4, -0.2) is 65.8 Å². The van der Waals surface area contributed by atoms with E-state index < -0.39 is 71.2 Å². The number of aromatic nitrogens is 4. The highest BCUT2D eigenvalue weighted by molar-refractivity contribution is 7.89. The predicted octanol–water partition coefficient (Wildman–Crippen LogP) is 2.83. The second kappa shape index (κ2) is 11.1. The van der Waals surface area contributed by atoms with Gasteiger partial charge in [0.1, 0.15) is 17.1 Å². The average molecular weight is 528 g/mol. The van der Waals surface area contributed by atoms with Crippen molar-refractivity contribution in [3.63, 3.8) is 0 Å². The predicted molar refractivity (Wildman–Crippen MR) is 140 cm³/mol. The number of H-pyrrole nitrogens is 1. The van der Waals surface area contributed by atoms with E-state index in [2.05, 4.69) is 24.7 Å².